The van der Waals surface area contributed by atoms with E-state index < -0.39 is 16.5 Å². The lowest BCUT2D eigenvalue weighted by Gasteiger charge is -2.10. The third kappa shape index (κ3) is 2.33. The highest BCUT2D eigenvalue weighted by molar-refractivity contribution is 6.32. The van der Waals surface area contributed by atoms with Gasteiger partial charge in [0.05, 0.1) is 16.2 Å². The molecular formula is C18H12ClN3O4. The van der Waals surface area contributed by atoms with Crippen molar-refractivity contribution < 1.29 is 5.11 Å². The van der Waals surface area contributed by atoms with Crippen LogP contribution >= 0.6 is 11.6 Å². The Hall–Kier alpha value is -3.32. The first-order valence-electron chi connectivity index (χ1n) is 7.67. The molecule has 0 radical (unpaired) electrons. The minimum atomic E-state index is -0.693. The molecule has 4 aromatic rings. The van der Waals surface area contributed by atoms with Gasteiger partial charge in [-0.3, -0.25) is 19.5 Å². The molecule has 2 aromatic heterocycles. The average molecular weight is 370 g/mol. The van der Waals surface area contributed by atoms with Crippen LogP contribution in [0.5, 0.6) is 5.75 Å². The third-order valence-electron chi connectivity index (χ3n) is 4.19. The number of halogens is 1. The molecule has 7 nitrogen and oxygen atoms in total. The molecule has 0 aliphatic carbocycles. The number of fused-ring (bicyclic) bond motifs is 2. The Balaban J connectivity index is 2.18. The molecule has 0 aliphatic heterocycles. The van der Waals surface area contributed by atoms with E-state index in [4.69, 9.17) is 11.6 Å². The van der Waals surface area contributed by atoms with E-state index in [1.165, 1.54) is 18.2 Å². The van der Waals surface area contributed by atoms with E-state index in [2.05, 4.69) is 10.1 Å². The quantitative estimate of drug-likeness (QED) is 0.447. The molecule has 0 saturated carbocycles. The Bertz CT molecular complexity index is 1380. The maximum absolute atomic E-state index is 12.9. The van der Waals surface area contributed by atoms with Crippen LogP contribution in [0.2, 0.25) is 5.02 Å². The van der Waals surface area contributed by atoms with Gasteiger partial charge in [-0.05, 0) is 36.8 Å². The van der Waals surface area contributed by atoms with Crippen LogP contribution in [0, 0.1) is 6.92 Å². The second-order valence-electron chi connectivity index (χ2n) is 5.97. The van der Waals surface area contributed by atoms with Crippen LogP contribution in [0.15, 0.2) is 50.8 Å². The third-order valence-corrected chi connectivity index (χ3v) is 4.49. The van der Waals surface area contributed by atoms with Gasteiger partial charge in [0.15, 0.2) is 0 Å². The number of hydrogen-bond acceptors (Lipinski definition) is 4. The lowest BCUT2D eigenvalue weighted by Crippen LogP contribution is -2.32. The molecule has 4 rings (SSSR count). The summed E-state index contributed by atoms with van der Waals surface area (Å²) in [5.41, 5.74) is -0.678. The van der Waals surface area contributed by atoms with Crippen LogP contribution < -0.4 is 16.5 Å². The molecule has 0 fully saturated rings. The molecule has 0 amide bonds. The number of hydrogen-bond donors (Lipinski definition) is 3. The summed E-state index contributed by atoms with van der Waals surface area (Å²) < 4.78 is 0.966. The van der Waals surface area contributed by atoms with Crippen LogP contribution in [0.25, 0.3) is 27.5 Å². The van der Waals surface area contributed by atoms with Crippen molar-refractivity contribution in [2.45, 2.75) is 6.92 Å². The number of phenolic OH excluding ortho intramolecular Hbond substituents is 1. The Morgan fingerprint density at radius 2 is 1.85 bits per heavy atom. The van der Waals surface area contributed by atoms with Crippen molar-refractivity contribution in [2.24, 2.45) is 0 Å². The molecule has 0 unspecified atom stereocenters. The van der Waals surface area contributed by atoms with E-state index in [0.29, 0.717) is 0 Å². The molecule has 0 atom stereocenters. The van der Waals surface area contributed by atoms with E-state index >= 15 is 0 Å². The lowest BCUT2D eigenvalue weighted by atomic mass is 10.1. The first-order chi connectivity index (χ1) is 12.4. The van der Waals surface area contributed by atoms with Gasteiger partial charge in [-0.1, -0.05) is 17.7 Å². The highest BCUT2D eigenvalue weighted by Gasteiger charge is 2.16. The van der Waals surface area contributed by atoms with Gasteiger partial charge in [0.2, 0.25) is 5.43 Å². The number of H-pyrrole nitrogens is 2. The number of nitrogens with zero attached hydrogens (tertiary/aromatic N) is 1. The number of pyridine rings is 1. The fraction of sp³-hybridized carbons (Fsp3) is 0.0556. The zero-order valence-electron chi connectivity index (χ0n) is 13.5. The van der Waals surface area contributed by atoms with Crippen LogP contribution in [0.3, 0.4) is 0 Å². The molecule has 2 heterocycles. The largest absolute Gasteiger partial charge is 0.508 e. The second-order valence-corrected chi connectivity index (χ2v) is 6.38. The molecule has 8 heteroatoms. The van der Waals surface area contributed by atoms with Gasteiger partial charge in [0.25, 0.3) is 11.1 Å². The van der Waals surface area contributed by atoms with Crippen molar-refractivity contribution in [3.05, 3.63) is 77.9 Å². The summed E-state index contributed by atoms with van der Waals surface area (Å²) in [6, 6.07) is 9.04. The molecule has 2 aromatic carbocycles. The zero-order chi connectivity index (χ0) is 18.6. The number of rotatable bonds is 1. The van der Waals surface area contributed by atoms with Crippen molar-refractivity contribution in [3.63, 3.8) is 0 Å². The summed E-state index contributed by atoms with van der Waals surface area (Å²) in [6.07, 6.45) is 0. The van der Waals surface area contributed by atoms with Gasteiger partial charge in [-0.25, -0.2) is 4.68 Å². The summed E-state index contributed by atoms with van der Waals surface area (Å²) in [5.74, 6) is -0.0660. The fourth-order valence-electron chi connectivity index (χ4n) is 2.94. The minimum Gasteiger partial charge on any atom is -0.508 e. The predicted molar refractivity (Wildman–Crippen MR) is 99.7 cm³/mol. The normalized spacial score (nSPS) is 11.3. The number of aromatic amines is 2. The minimum absolute atomic E-state index is 0.0660. The molecule has 130 valence electrons. The number of aryl methyl sites for hydroxylation is 1. The number of benzene rings is 2. The molecule has 0 aliphatic rings. The lowest BCUT2D eigenvalue weighted by molar-refractivity contribution is 0.476. The number of aromatic hydroxyl groups is 1. The highest BCUT2D eigenvalue weighted by atomic mass is 35.5. The van der Waals surface area contributed by atoms with Gasteiger partial charge in [-0.15, -0.1) is 0 Å². The van der Waals surface area contributed by atoms with Crippen LogP contribution in [0.4, 0.5) is 0 Å². The van der Waals surface area contributed by atoms with Gasteiger partial charge < -0.3 is 10.1 Å². The van der Waals surface area contributed by atoms with Crippen molar-refractivity contribution >= 4 is 33.4 Å². The summed E-state index contributed by atoms with van der Waals surface area (Å²) in [4.78, 5) is 41.0. The maximum atomic E-state index is 12.9. The van der Waals surface area contributed by atoms with E-state index in [1.807, 2.05) is 6.92 Å². The van der Waals surface area contributed by atoms with Gasteiger partial charge in [-0.2, -0.15) is 0 Å². The Kier molecular flexibility index (Phi) is 3.48. The monoisotopic (exact) mass is 369 g/mol. The number of aromatic nitrogens is 3. The van der Waals surface area contributed by atoms with Crippen LogP contribution in [-0.2, 0) is 0 Å². The number of nitrogens with one attached hydrogen (secondary N) is 2. The van der Waals surface area contributed by atoms with Gasteiger partial charge in [0, 0.05) is 11.5 Å². The Labute approximate surface area is 150 Å². The molecule has 0 bridgehead atoms. The van der Waals surface area contributed by atoms with Crippen molar-refractivity contribution in [1.82, 2.24) is 14.8 Å². The molecule has 26 heavy (non-hydrogen) atoms. The predicted octanol–water partition coefficient (Wildman–Crippen LogP) is 2.19. The van der Waals surface area contributed by atoms with E-state index in [1.54, 1.807) is 18.2 Å². The molecule has 0 saturated heterocycles. The summed E-state index contributed by atoms with van der Waals surface area (Å²) in [5, 5.41) is 12.2. The van der Waals surface area contributed by atoms with Crippen LogP contribution in [-0.4, -0.2) is 19.9 Å². The van der Waals surface area contributed by atoms with Gasteiger partial charge in [0.1, 0.15) is 16.7 Å². The fourth-order valence-corrected chi connectivity index (χ4v) is 3.26. The van der Waals surface area contributed by atoms with E-state index in [0.717, 1.165) is 10.2 Å². The number of phenols is 1. The summed E-state index contributed by atoms with van der Waals surface area (Å²) >= 11 is 6.20. The zero-order valence-corrected chi connectivity index (χ0v) is 14.2. The summed E-state index contributed by atoms with van der Waals surface area (Å²) in [7, 11) is 0. The maximum Gasteiger partial charge on any atom is 0.287 e. The standard InChI is InChI=1S/C18H12ClN3O4/c1-8-2-5-13(11(19)6-8)22-18(26)14-15(17(25)21-22)20-12-7-9(23)3-4-10(12)16(14)24/h2-7,23H,1H3,(H,20,24)(H,21,25). The van der Waals surface area contributed by atoms with Crippen LogP contribution in [0.1, 0.15) is 5.56 Å². The van der Waals surface area contributed by atoms with E-state index in [-0.39, 0.29) is 38.3 Å². The molecular weight excluding hydrogens is 358 g/mol. The molecule has 3 N–H and O–H groups in total. The summed E-state index contributed by atoms with van der Waals surface area (Å²) in [6.45, 7) is 1.84. The topological polar surface area (TPSA) is 108 Å². The smallest absolute Gasteiger partial charge is 0.287 e. The Morgan fingerprint density at radius 1 is 1.08 bits per heavy atom. The van der Waals surface area contributed by atoms with Crippen molar-refractivity contribution in [2.75, 3.05) is 0 Å². The Morgan fingerprint density at radius 3 is 2.58 bits per heavy atom. The van der Waals surface area contributed by atoms with E-state index in [9.17, 15) is 19.5 Å². The average Bonchev–Trinajstić information content (AvgIpc) is 2.58. The highest BCUT2D eigenvalue weighted by Crippen LogP contribution is 2.20. The second kappa shape index (κ2) is 5.60. The SMILES string of the molecule is Cc1ccc(-n2[nH]c(=O)c3[nH]c4cc(O)ccc4c(=O)c3c2=O)c(Cl)c1. The first-order valence-corrected chi connectivity index (χ1v) is 8.05. The molecule has 0 spiro atoms. The van der Waals surface area contributed by atoms with Gasteiger partial charge >= 0.3 is 0 Å². The first kappa shape index (κ1) is 16.2. The van der Waals surface area contributed by atoms with Crippen molar-refractivity contribution in [3.8, 4) is 11.4 Å². The van der Waals surface area contributed by atoms with Crippen molar-refractivity contribution in [1.29, 1.82) is 0 Å².